The van der Waals surface area contributed by atoms with E-state index in [1.807, 2.05) is 69.3 Å². The predicted molar refractivity (Wildman–Crippen MR) is 159 cm³/mol. The number of nitrogens with zero attached hydrogens (tertiary/aromatic N) is 3. The number of carbonyl (C=O) groups is 1. The van der Waals surface area contributed by atoms with Crippen LogP contribution in [0, 0.1) is 13.8 Å². The van der Waals surface area contributed by atoms with Gasteiger partial charge in [0.15, 0.2) is 16.3 Å². The maximum absolute atomic E-state index is 14.1. The van der Waals surface area contributed by atoms with Gasteiger partial charge in [0.25, 0.3) is 5.56 Å². The molecule has 2 aromatic heterocycles. The number of aromatic nitrogens is 2. The van der Waals surface area contributed by atoms with Gasteiger partial charge in [-0.3, -0.25) is 9.36 Å². The Kier molecular flexibility index (Phi) is 7.24. The average molecular weight is 586 g/mol. The van der Waals surface area contributed by atoms with Gasteiger partial charge in [-0.2, -0.15) is 0 Å². The summed E-state index contributed by atoms with van der Waals surface area (Å²) in [6, 6.07) is 14.7. The number of aryl methyl sites for hydroxylation is 1. The topological polar surface area (TPSA) is 93.3 Å². The fraction of sp³-hybridized carbons (Fsp3) is 0.281. The zero-order valence-corrected chi connectivity index (χ0v) is 24.9. The van der Waals surface area contributed by atoms with Crippen LogP contribution in [0.1, 0.15) is 49.3 Å². The summed E-state index contributed by atoms with van der Waals surface area (Å²) in [5.74, 6) is 1.66. The molecule has 0 spiro atoms. The molecule has 0 amide bonds. The van der Waals surface area contributed by atoms with Gasteiger partial charge < -0.3 is 23.5 Å². The van der Waals surface area contributed by atoms with Gasteiger partial charge in [-0.15, -0.1) is 0 Å². The molecule has 0 fully saturated rings. The van der Waals surface area contributed by atoms with E-state index >= 15 is 0 Å². The van der Waals surface area contributed by atoms with Crippen LogP contribution in [0.4, 0.5) is 0 Å². The van der Waals surface area contributed by atoms with Crippen molar-refractivity contribution in [3.05, 3.63) is 102 Å². The van der Waals surface area contributed by atoms with Crippen molar-refractivity contribution in [2.24, 2.45) is 4.99 Å². The van der Waals surface area contributed by atoms with Crippen LogP contribution >= 0.6 is 11.3 Å². The minimum absolute atomic E-state index is 0.212. The highest BCUT2D eigenvalue weighted by molar-refractivity contribution is 7.07. The molecule has 4 aromatic rings. The number of ether oxygens (including phenoxy) is 4. The Labute approximate surface area is 246 Å². The van der Waals surface area contributed by atoms with E-state index in [0.717, 1.165) is 34.0 Å². The molecule has 216 valence electrons. The molecule has 0 bridgehead atoms. The molecule has 4 heterocycles. The zero-order valence-electron chi connectivity index (χ0n) is 24.1. The number of hydrogen-bond donors (Lipinski definition) is 0. The standard InChI is InChI=1S/C32H31N3O6S/c1-6-38-24-11-8-21(9-12-24)29-28(31(37)39-7-2)19(4)33-32-35(29)30(36)27(42-32)15-22-14-18(3)34(20(22)5)23-10-13-25-26(16-23)41-17-40-25/h8-16,29H,6-7,17H2,1-5H3/b27-15+. The third-order valence-corrected chi connectivity index (χ3v) is 8.38. The van der Waals surface area contributed by atoms with Crippen molar-refractivity contribution in [2.45, 2.75) is 40.7 Å². The number of esters is 1. The van der Waals surface area contributed by atoms with Crippen LogP contribution in [0.2, 0.25) is 0 Å². The van der Waals surface area contributed by atoms with Gasteiger partial charge in [-0.25, -0.2) is 9.79 Å². The second-order valence-electron chi connectivity index (χ2n) is 10.0. The number of hydrogen-bond acceptors (Lipinski definition) is 8. The molecule has 6 rings (SSSR count). The van der Waals surface area contributed by atoms with Crippen molar-refractivity contribution in [3.8, 4) is 22.9 Å². The van der Waals surface area contributed by atoms with E-state index in [-0.39, 0.29) is 19.0 Å². The highest BCUT2D eigenvalue weighted by atomic mass is 32.1. The van der Waals surface area contributed by atoms with Crippen LogP contribution in [0.15, 0.2) is 69.6 Å². The van der Waals surface area contributed by atoms with Crippen molar-refractivity contribution in [1.82, 2.24) is 9.13 Å². The third kappa shape index (κ3) is 4.71. The third-order valence-electron chi connectivity index (χ3n) is 7.40. The zero-order chi connectivity index (χ0) is 29.5. The van der Waals surface area contributed by atoms with Crippen LogP contribution in [0.25, 0.3) is 11.8 Å². The lowest BCUT2D eigenvalue weighted by molar-refractivity contribution is -0.139. The van der Waals surface area contributed by atoms with Gasteiger partial charge in [0.1, 0.15) is 5.75 Å². The first kappa shape index (κ1) is 27.6. The monoisotopic (exact) mass is 585 g/mol. The van der Waals surface area contributed by atoms with E-state index in [1.165, 1.54) is 11.3 Å². The molecular weight excluding hydrogens is 554 g/mol. The fourth-order valence-corrected chi connectivity index (χ4v) is 6.55. The van der Waals surface area contributed by atoms with Crippen LogP contribution in [-0.2, 0) is 9.53 Å². The van der Waals surface area contributed by atoms with Gasteiger partial charge in [0.2, 0.25) is 6.79 Å². The first-order valence-corrected chi connectivity index (χ1v) is 14.6. The Bertz CT molecular complexity index is 1910. The molecule has 0 radical (unpaired) electrons. The summed E-state index contributed by atoms with van der Waals surface area (Å²) in [5, 5.41) is 0. The molecule has 1 unspecified atom stereocenters. The number of fused-ring (bicyclic) bond motifs is 2. The summed E-state index contributed by atoms with van der Waals surface area (Å²) in [7, 11) is 0. The smallest absolute Gasteiger partial charge is 0.338 e. The Morgan fingerprint density at radius 1 is 1.05 bits per heavy atom. The van der Waals surface area contributed by atoms with Gasteiger partial charge in [0, 0.05) is 23.1 Å². The lowest BCUT2D eigenvalue weighted by Crippen LogP contribution is -2.39. The highest BCUT2D eigenvalue weighted by Gasteiger charge is 2.33. The Hall–Kier alpha value is -4.57. The Morgan fingerprint density at radius 2 is 1.81 bits per heavy atom. The summed E-state index contributed by atoms with van der Waals surface area (Å²) in [4.78, 5) is 32.4. The van der Waals surface area contributed by atoms with Gasteiger partial charge in [-0.05, 0) is 82.2 Å². The van der Waals surface area contributed by atoms with Crippen molar-refractivity contribution in [2.75, 3.05) is 20.0 Å². The molecule has 10 heteroatoms. The van der Waals surface area contributed by atoms with Crippen molar-refractivity contribution < 1.29 is 23.7 Å². The molecule has 0 N–H and O–H groups in total. The van der Waals surface area contributed by atoms with Crippen molar-refractivity contribution in [3.63, 3.8) is 0 Å². The average Bonchev–Trinajstić information content (AvgIpc) is 3.64. The van der Waals surface area contributed by atoms with E-state index in [0.29, 0.717) is 38.7 Å². The maximum Gasteiger partial charge on any atom is 0.338 e. The molecule has 42 heavy (non-hydrogen) atoms. The maximum atomic E-state index is 14.1. The Balaban J connectivity index is 1.47. The SMILES string of the molecule is CCOC(=O)C1=C(C)N=c2s/c(=C/c3cc(C)n(-c4ccc5c(c4)OCO5)c3C)c(=O)n2C1c1ccc(OCC)cc1. The molecule has 1 atom stereocenters. The van der Waals surface area contributed by atoms with Crippen molar-refractivity contribution in [1.29, 1.82) is 0 Å². The summed E-state index contributed by atoms with van der Waals surface area (Å²) in [5.41, 5.74) is 5.27. The number of carbonyl (C=O) groups excluding carboxylic acids is 1. The van der Waals surface area contributed by atoms with E-state index in [4.69, 9.17) is 18.9 Å². The minimum Gasteiger partial charge on any atom is -0.494 e. The lowest BCUT2D eigenvalue weighted by atomic mass is 9.96. The molecule has 2 aliphatic rings. The molecule has 0 aliphatic carbocycles. The fourth-order valence-electron chi connectivity index (χ4n) is 5.52. The molecule has 9 nitrogen and oxygen atoms in total. The molecule has 0 saturated heterocycles. The lowest BCUT2D eigenvalue weighted by Gasteiger charge is -2.24. The van der Waals surface area contributed by atoms with Gasteiger partial charge in [-0.1, -0.05) is 23.5 Å². The first-order chi connectivity index (χ1) is 20.3. The van der Waals surface area contributed by atoms with Gasteiger partial charge in [0.05, 0.1) is 35.1 Å². The summed E-state index contributed by atoms with van der Waals surface area (Å²) in [6.45, 7) is 10.5. The molecular formula is C32H31N3O6S. The number of allylic oxidation sites excluding steroid dienone is 1. The number of benzene rings is 2. The minimum atomic E-state index is -0.681. The largest absolute Gasteiger partial charge is 0.494 e. The number of rotatable bonds is 7. The Morgan fingerprint density at radius 3 is 2.55 bits per heavy atom. The molecule has 2 aromatic carbocycles. The second kappa shape index (κ2) is 11.0. The van der Waals surface area contributed by atoms with E-state index in [9.17, 15) is 9.59 Å². The highest BCUT2D eigenvalue weighted by Crippen LogP contribution is 2.35. The van der Waals surface area contributed by atoms with Crippen molar-refractivity contribution >= 4 is 23.4 Å². The summed E-state index contributed by atoms with van der Waals surface area (Å²) in [6.07, 6.45) is 1.90. The second-order valence-corrected chi connectivity index (χ2v) is 11.0. The van der Waals surface area contributed by atoms with Crippen LogP contribution < -0.4 is 29.1 Å². The van der Waals surface area contributed by atoms with Crippen LogP contribution in [0.5, 0.6) is 17.2 Å². The summed E-state index contributed by atoms with van der Waals surface area (Å²) < 4.78 is 26.3. The molecule has 0 saturated carbocycles. The van der Waals surface area contributed by atoms with Gasteiger partial charge >= 0.3 is 5.97 Å². The quantitative estimate of drug-likeness (QED) is 0.300. The number of thiazole rings is 1. The normalized spacial score (nSPS) is 15.9. The van der Waals surface area contributed by atoms with E-state index in [1.54, 1.807) is 18.4 Å². The van der Waals surface area contributed by atoms with Crippen LogP contribution in [0.3, 0.4) is 0 Å². The van der Waals surface area contributed by atoms with Crippen LogP contribution in [-0.4, -0.2) is 35.1 Å². The first-order valence-electron chi connectivity index (χ1n) is 13.8. The molecule has 2 aliphatic heterocycles. The predicted octanol–water partition coefficient (Wildman–Crippen LogP) is 4.33. The van der Waals surface area contributed by atoms with E-state index in [2.05, 4.69) is 15.6 Å². The summed E-state index contributed by atoms with van der Waals surface area (Å²) >= 11 is 1.30. The van der Waals surface area contributed by atoms with E-state index < -0.39 is 12.0 Å².